The van der Waals surface area contributed by atoms with E-state index in [1.165, 1.54) is 6.33 Å². The molecule has 2 heterocycles. The molecule has 16 heavy (non-hydrogen) atoms. The smallest absolute Gasteiger partial charge is 0.171 e. The average Bonchev–Trinajstić information content (AvgIpc) is 2.79. The van der Waals surface area contributed by atoms with Gasteiger partial charge in [0, 0.05) is 25.4 Å². The first-order valence-electron chi connectivity index (χ1n) is 4.91. The van der Waals surface area contributed by atoms with Gasteiger partial charge in [-0.1, -0.05) is 11.6 Å². The predicted octanol–water partition coefficient (Wildman–Crippen LogP) is 1.29. The van der Waals surface area contributed by atoms with Crippen LogP contribution in [0.5, 0.6) is 0 Å². The molecule has 84 valence electrons. The minimum Gasteiger partial charge on any atom is -0.368 e. The Hall–Kier alpha value is -1.69. The summed E-state index contributed by atoms with van der Waals surface area (Å²) in [4.78, 5) is 12.0. The normalized spacial score (nSPS) is 10.3. The molecule has 2 aromatic rings. The third-order valence-electron chi connectivity index (χ3n) is 2.00. The molecule has 0 radical (unpaired) electrons. The number of aromatic nitrogens is 5. The van der Waals surface area contributed by atoms with Crippen molar-refractivity contribution in [2.45, 2.75) is 12.8 Å². The van der Waals surface area contributed by atoms with E-state index in [-0.39, 0.29) is 0 Å². The number of aromatic amines is 1. The Labute approximate surface area is 97.5 Å². The number of halogens is 1. The molecule has 0 saturated heterocycles. The molecule has 0 aromatic carbocycles. The quantitative estimate of drug-likeness (QED) is 0.768. The summed E-state index contributed by atoms with van der Waals surface area (Å²) < 4.78 is 0. The van der Waals surface area contributed by atoms with Crippen LogP contribution >= 0.6 is 11.6 Å². The monoisotopic (exact) mass is 238 g/mol. The van der Waals surface area contributed by atoms with Crippen LogP contribution in [-0.4, -0.2) is 31.7 Å². The summed E-state index contributed by atoms with van der Waals surface area (Å²) in [6.07, 6.45) is 6.42. The van der Waals surface area contributed by atoms with Crippen LogP contribution in [0.2, 0.25) is 5.15 Å². The number of H-pyrrole nitrogens is 1. The van der Waals surface area contributed by atoms with Crippen LogP contribution in [0.4, 0.5) is 5.82 Å². The molecule has 0 spiro atoms. The van der Waals surface area contributed by atoms with Gasteiger partial charge in [0.15, 0.2) is 11.0 Å². The van der Waals surface area contributed by atoms with E-state index in [1.807, 2.05) is 0 Å². The van der Waals surface area contributed by atoms with E-state index in [4.69, 9.17) is 11.6 Å². The second-order valence-electron chi connectivity index (χ2n) is 3.16. The Morgan fingerprint density at radius 2 is 2.12 bits per heavy atom. The van der Waals surface area contributed by atoms with Gasteiger partial charge in [-0.2, -0.15) is 5.10 Å². The van der Waals surface area contributed by atoms with Crippen molar-refractivity contribution in [2.75, 3.05) is 11.9 Å². The summed E-state index contributed by atoms with van der Waals surface area (Å²) >= 11 is 5.84. The minimum absolute atomic E-state index is 0.391. The lowest BCUT2D eigenvalue weighted by Gasteiger charge is -2.04. The molecule has 0 atom stereocenters. The molecule has 2 N–H and O–H groups in total. The second kappa shape index (κ2) is 5.41. The van der Waals surface area contributed by atoms with Gasteiger partial charge in [-0.15, -0.1) is 0 Å². The van der Waals surface area contributed by atoms with Crippen molar-refractivity contribution in [2.24, 2.45) is 0 Å². The highest BCUT2D eigenvalue weighted by molar-refractivity contribution is 6.31. The van der Waals surface area contributed by atoms with Crippen LogP contribution in [0.3, 0.4) is 0 Å². The molecule has 0 fully saturated rings. The van der Waals surface area contributed by atoms with Crippen molar-refractivity contribution in [1.29, 1.82) is 0 Å². The van der Waals surface area contributed by atoms with Gasteiger partial charge in [0.25, 0.3) is 0 Å². The van der Waals surface area contributed by atoms with Crippen LogP contribution < -0.4 is 5.32 Å². The highest BCUT2D eigenvalue weighted by Gasteiger charge is 2.00. The van der Waals surface area contributed by atoms with Gasteiger partial charge in [-0.05, 0) is 6.42 Å². The van der Waals surface area contributed by atoms with Gasteiger partial charge in [0.1, 0.15) is 12.2 Å². The summed E-state index contributed by atoms with van der Waals surface area (Å²) in [7, 11) is 0. The lowest BCUT2D eigenvalue weighted by molar-refractivity contribution is 0.803. The number of anilines is 1. The van der Waals surface area contributed by atoms with Gasteiger partial charge in [-0.3, -0.25) is 5.10 Å². The molecule has 2 aromatic heterocycles. The zero-order valence-electron chi connectivity index (χ0n) is 8.52. The van der Waals surface area contributed by atoms with Gasteiger partial charge in [0.2, 0.25) is 0 Å². The SMILES string of the molecule is Clc1nccnc1NCCCc1ncn[nH]1. The van der Waals surface area contributed by atoms with E-state index in [9.17, 15) is 0 Å². The van der Waals surface area contributed by atoms with E-state index in [0.29, 0.717) is 11.0 Å². The summed E-state index contributed by atoms with van der Waals surface area (Å²) in [5, 5.41) is 10.1. The fraction of sp³-hybridized carbons (Fsp3) is 0.333. The molecule has 6 nitrogen and oxygen atoms in total. The average molecular weight is 239 g/mol. The highest BCUT2D eigenvalue weighted by atomic mass is 35.5. The molecular formula is C9H11ClN6. The number of nitrogens with zero attached hydrogens (tertiary/aromatic N) is 4. The Kier molecular flexibility index (Phi) is 3.66. The maximum Gasteiger partial charge on any atom is 0.171 e. The number of nitrogens with one attached hydrogen (secondary N) is 2. The minimum atomic E-state index is 0.391. The van der Waals surface area contributed by atoms with E-state index in [2.05, 4.69) is 30.5 Å². The third-order valence-corrected chi connectivity index (χ3v) is 2.28. The molecule has 0 aliphatic carbocycles. The molecule has 2 rings (SSSR count). The van der Waals surface area contributed by atoms with Gasteiger partial charge in [0.05, 0.1) is 0 Å². The summed E-state index contributed by atoms with van der Waals surface area (Å²) in [5.74, 6) is 1.49. The van der Waals surface area contributed by atoms with Crippen LogP contribution in [0.15, 0.2) is 18.7 Å². The lowest BCUT2D eigenvalue weighted by atomic mass is 10.3. The molecule has 0 amide bonds. The predicted molar refractivity (Wildman–Crippen MR) is 60.2 cm³/mol. The number of rotatable bonds is 5. The Bertz CT molecular complexity index is 429. The largest absolute Gasteiger partial charge is 0.368 e. The van der Waals surface area contributed by atoms with Crippen molar-refractivity contribution in [3.8, 4) is 0 Å². The van der Waals surface area contributed by atoms with Crippen LogP contribution in [0.25, 0.3) is 0 Å². The summed E-state index contributed by atoms with van der Waals surface area (Å²) in [5.41, 5.74) is 0. The lowest BCUT2D eigenvalue weighted by Crippen LogP contribution is -2.06. The van der Waals surface area contributed by atoms with E-state index < -0.39 is 0 Å². The van der Waals surface area contributed by atoms with Crippen molar-refractivity contribution in [3.63, 3.8) is 0 Å². The van der Waals surface area contributed by atoms with Crippen LogP contribution in [-0.2, 0) is 6.42 Å². The topological polar surface area (TPSA) is 79.4 Å². The van der Waals surface area contributed by atoms with Gasteiger partial charge < -0.3 is 5.32 Å². The Balaban J connectivity index is 1.74. The first kappa shape index (κ1) is 10.8. The molecule has 0 aliphatic rings. The summed E-state index contributed by atoms with van der Waals surface area (Å²) in [6.45, 7) is 0.763. The van der Waals surface area contributed by atoms with E-state index >= 15 is 0 Å². The van der Waals surface area contributed by atoms with Crippen LogP contribution in [0, 0.1) is 0 Å². The van der Waals surface area contributed by atoms with Gasteiger partial charge >= 0.3 is 0 Å². The van der Waals surface area contributed by atoms with Gasteiger partial charge in [-0.25, -0.2) is 15.0 Å². The summed E-state index contributed by atoms with van der Waals surface area (Å²) in [6, 6.07) is 0. The zero-order chi connectivity index (χ0) is 11.2. The standard InChI is InChI=1S/C9H11ClN6/c10-8-9(13-5-4-11-8)12-3-1-2-7-14-6-15-16-7/h4-6H,1-3H2,(H,12,13)(H,14,15,16). The fourth-order valence-electron chi connectivity index (χ4n) is 1.25. The van der Waals surface area contributed by atoms with E-state index in [1.54, 1.807) is 12.4 Å². The molecular weight excluding hydrogens is 228 g/mol. The van der Waals surface area contributed by atoms with Crippen molar-refractivity contribution >= 4 is 17.4 Å². The zero-order valence-corrected chi connectivity index (χ0v) is 9.28. The Morgan fingerprint density at radius 1 is 1.25 bits per heavy atom. The molecule has 0 saturated carbocycles. The molecule has 0 unspecified atom stereocenters. The molecule has 7 heteroatoms. The number of aryl methyl sites for hydroxylation is 1. The maximum atomic E-state index is 5.84. The van der Waals surface area contributed by atoms with Crippen molar-refractivity contribution in [1.82, 2.24) is 25.1 Å². The highest BCUT2D eigenvalue weighted by Crippen LogP contribution is 2.13. The first-order valence-corrected chi connectivity index (χ1v) is 5.28. The van der Waals surface area contributed by atoms with Crippen molar-refractivity contribution in [3.05, 3.63) is 29.7 Å². The van der Waals surface area contributed by atoms with Crippen molar-refractivity contribution < 1.29 is 0 Å². The number of hydrogen-bond donors (Lipinski definition) is 2. The molecule has 0 bridgehead atoms. The number of hydrogen-bond acceptors (Lipinski definition) is 5. The maximum absolute atomic E-state index is 5.84. The molecule has 0 aliphatic heterocycles. The fourth-order valence-corrected chi connectivity index (χ4v) is 1.43. The third kappa shape index (κ3) is 2.90. The Morgan fingerprint density at radius 3 is 2.88 bits per heavy atom. The first-order chi connectivity index (χ1) is 7.86. The van der Waals surface area contributed by atoms with Crippen LogP contribution in [0.1, 0.15) is 12.2 Å². The second-order valence-corrected chi connectivity index (χ2v) is 3.52. The van der Waals surface area contributed by atoms with E-state index in [0.717, 1.165) is 25.2 Å².